The number of benzene rings is 1. The van der Waals surface area contributed by atoms with Gasteiger partial charge in [0.1, 0.15) is 6.10 Å². The number of esters is 1. The predicted octanol–water partition coefficient (Wildman–Crippen LogP) is 3.01. The molecular weight excluding hydrogens is 290 g/mol. The Morgan fingerprint density at radius 1 is 1.09 bits per heavy atom. The zero-order valence-electron chi connectivity index (χ0n) is 13.4. The molecule has 0 spiro atoms. The van der Waals surface area contributed by atoms with E-state index in [4.69, 9.17) is 4.74 Å². The molecule has 1 atom stereocenters. The Bertz CT molecular complexity index is 634. The third-order valence-corrected chi connectivity index (χ3v) is 5.44. The van der Waals surface area contributed by atoms with Crippen molar-refractivity contribution in [3.63, 3.8) is 0 Å². The number of fused-ring (bicyclic) bond motifs is 1. The highest BCUT2D eigenvalue weighted by molar-refractivity contribution is 5.99. The second kappa shape index (κ2) is 5.99. The minimum absolute atomic E-state index is 0.0383. The summed E-state index contributed by atoms with van der Waals surface area (Å²) >= 11 is 0. The molecule has 1 aliphatic heterocycles. The molecule has 0 N–H and O–H groups in total. The van der Waals surface area contributed by atoms with E-state index >= 15 is 0 Å². The van der Waals surface area contributed by atoms with Gasteiger partial charge < -0.3 is 9.64 Å². The first-order chi connectivity index (χ1) is 11.2. The second-order valence-corrected chi connectivity index (χ2v) is 7.06. The molecule has 3 aliphatic rings. The van der Waals surface area contributed by atoms with Crippen molar-refractivity contribution in [2.75, 3.05) is 11.4 Å². The van der Waals surface area contributed by atoms with E-state index in [0.717, 1.165) is 44.2 Å². The number of aryl methyl sites for hydroxylation is 2. The van der Waals surface area contributed by atoms with Crippen molar-refractivity contribution in [3.8, 4) is 0 Å². The topological polar surface area (TPSA) is 46.6 Å². The number of hydrogen-bond donors (Lipinski definition) is 0. The Balaban J connectivity index is 1.44. The van der Waals surface area contributed by atoms with Crippen molar-refractivity contribution in [3.05, 3.63) is 29.3 Å². The van der Waals surface area contributed by atoms with Crippen LogP contribution < -0.4 is 4.90 Å². The molecule has 4 heteroatoms. The highest BCUT2D eigenvalue weighted by Crippen LogP contribution is 2.31. The van der Waals surface area contributed by atoms with Gasteiger partial charge in [-0.3, -0.25) is 9.59 Å². The van der Waals surface area contributed by atoms with Gasteiger partial charge in [-0.2, -0.15) is 0 Å². The van der Waals surface area contributed by atoms with Crippen LogP contribution in [0.15, 0.2) is 18.2 Å². The number of amides is 1. The predicted molar refractivity (Wildman–Crippen MR) is 87.3 cm³/mol. The Labute approximate surface area is 136 Å². The summed E-state index contributed by atoms with van der Waals surface area (Å²) in [7, 11) is 0. The van der Waals surface area contributed by atoms with E-state index in [1.54, 1.807) is 4.90 Å². The normalized spacial score (nSPS) is 24.3. The largest absolute Gasteiger partial charge is 0.462 e. The van der Waals surface area contributed by atoms with E-state index < -0.39 is 0 Å². The van der Waals surface area contributed by atoms with Crippen LogP contribution in [0.1, 0.15) is 49.7 Å². The Hall–Kier alpha value is -1.84. The van der Waals surface area contributed by atoms with Gasteiger partial charge in [-0.05, 0) is 68.2 Å². The molecule has 1 amide bonds. The fourth-order valence-corrected chi connectivity index (χ4v) is 4.11. The first-order valence-corrected chi connectivity index (χ1v) is 8.83. The van der Waals surface area contributed by atoms with Crippen LogP contribution in [0.2, 0.25) is 0 Å². The molecule has 1 aromatic carbocycles. The van der Waals surface area contributed by atoms with Crippen LogP contribution >= 0.6 is 0 Å². The van der Waals surface area contributed by atoms with E-state index in [9.17, 15) is 9.59 Å². The molecule has 0 radical (unpaired) electrons. The van der Waals surface area contributed by atoms with Gasteiger partial charge in [0.2, 0.25) is 5.91 Å². The summed E-state index contributed by atoms with van der Waals surface area (Å²) in [4.78, 5) is 26.4. The van der Waals surface area contributed by atoms with Crippen LogP contribution in [0.3, 0.4) is 0 Å². The molecule has 23 heavy (non-hydrogen) atoms. The monoisotopic (exact) mass is 313 g/mol. The minimum atomic E-state index is -0.309. The van der Waals surface area contributed by atoms with Gasteiger partial charge in [0.15, 0.2) is 0 Å². The SMILES string of the molecule is O=C(OC1CCCC1)C1CC(=O)N(c2ccc3c(c2)CCC3)C1. The van der Waals surface area contributed by atoms with Crippen molar-refractivity contribution in [2.45, 2.75) is 57.5 Å². The lowest BCUT2D eigenvalue weighted by molar-refractivity contribution is -0.153. The van der Waals surface area contributed by atoms with Crippen molar-refractivity contribution < 1.29 is 14.3 Å². The van der Waals surface area contributed by atoms with Gasteiger partial charge in [0, 0.05) is 18.7 Å². The Kier molecular flexibility index (Phi) is 3.83. The molecule has 4 nitrogen and oxygen atoms in total. The second-order valence-electron chi connectivity index (χ2n) is 7.06. The number of nitrogens with zero attached hydrogens (tertiary/aromatic N) is 1. The quantitative estimate of drug-likeness (QED) is 0.806. The number of carbonyl (C=O) groups is 2. The van der Waals surface area contributed by atoms with Gasteiger partial charge in [-0.25, -0.2) is 0 Å². The smallest absolute Gasteiger partial charge is 0.311 e. The number of anilines is 1. The van der Waals surface area contributed by atoms with Crippen LogP contribution in [0.25, 0.3) is 0 Å². The number of hydrogen-bond acceptors (Lipinski definition) is 3. The third kappa shape index (κ3) is 2.87. The van der Waals surface area contributed by atoms with E-state index in [-0.39, 0.29) is 30.3 Å². The standard InChI is InChI=1S/C19H23NO3/c21-18-11-15(19(22)23-17-6-1-2-7-17)12-20(18)16-9-8-13-4-3-5-14(13)10-16/h8-10,15,17H,1-7,11-12H2. The van der Waals surface area contributed by atoms with E-state index in [0.29, 0.717) is 6.54 Å². The Morgan fingerprint density at radius 3 is 2.70 bits per heavy atom. The maximum absolute atomic E-state index is 12.3. The summed E-state index contributed by atoms with van der Waals surface area (Å²) in [6, 6.07) is 6.28. The molecule has 2 fully saturated rings. The average molecular weight is 313 g/mol. The van der Waals surface area contributed by atoms with Crippen molar-refractivity contribution >= 4 is 17.6 Å². The fourth-order valence-electron chi connectivity index (χ4n) is 4.11. The lowest BCUT2D eigenvalue weighted by Crippen LogP contribution is -2.27. The molecule has 0 bridgehead atoms. The molecule has 1 heterocycles. The summed E-state index contributed by atoms with van der Waals surface area (Å²) < 4.78 is 5.58. The highest BCUT2D eigenvalue weighted by Gasteiger charge is 2.37. The highest BCUT2D eigenvalue weighted by atomic mass is 16.5. The molecule has 4 rings (SSSR count). The molecular formula is C19H23NO3. The maximum Gasteiger partial charge on any atom is 0.311 e. The van der Waals surface area contributed by atoms with Crippen LogP contribution in [-0.4, -0.2) is 24.5 Å². The van der Waals surface area contributed by atoms with Crippen molar-refractivity contribution in [1.29, 1.82) is 0 Å². The zero-order valence-corrected chi connectivity index (χ0v) is 13.4. The summed E-state index contributed by atoms with van der Waals surface area (Å²) in [5, 5.41) is 0. The first kappa shape index (κ1) is 14.7. The van der Waals surface area contributed by atoms with Gasteiger partial charge >= 0.3 is 5.97 Å². The molecule has 2 aliphatic carbocycles. The van der Waals surface area contributed by atoms with E-state index in [2.05, 4.69) is 12.1 Å². The lowest BCUT2D eigenvalue weighted by atomic mass is 10.1. The van der Waals surface area contributed by atoms with Crippen LogP contribution in [0.4, 0.5) is 5.69 Å². The van der Waals surface area contributed by atoms with E-state index in [1.165, 1.54) is 17.5 Å². The summed E-state index contributed by atoms with van der Waals surface area (Å²) in [6.07, 6.45) is 8.02. The molecule has 1 saturated carbocycles. The van der Waals surface area contributed by atoms with Crippen LogP contribution in [0.5, 0.6) is 0 Å². The van der Waals surface area contributed by atoms with Gasteiger partial charge in [0.05, 0.1) is 5.92 Å². The molecule has 1 aromatic rings. The Morgan fingerprint density at radius 2 is 1.87 bits per heavy atom. The van der Waals surface area contributed by atoms with Crippen molar-refractivity contribution in [2.24, 2.45) is 5.92 Å². The summed E-state index contributed by atoms with van der Waals surface area (Å²) in [5.74, 6) is -0.457. The maximum atomic E-state index is 12.3. The van der Waals surface area contributed by atoms with Crippen LogP contribution in [0, 0.1) is 5.92 Å². The lowest BCUT2D eigenvalue weighted by Gasteiger charge is -2.18. The average Bonchev–Trinajstić information content (AvgIpc) is 3.26. The number of ether oxygens (including phenoxy) is 1. The molecule has 1 unspecified atom stereocenters. The summed E-state index contributed by atoms with van der Waals surface area (Å²) in [5.41, 5.74) is 3.69. The summed E-state index contributed by atoms with van der Waals surface area (Å²) in [6.45, 7) is 0.461. The third-order valence-electron chi connectivity index (χ3n) is 5.44. The first-order valence-electron chi connectivity index (χ1n) is 8.83. The number of carbonyl (C=O) groups excluding carboxylic acids is 2. The van der Waals surface area contributed by atoms with Crippen molar-refractivity contribution in [1.82, 2.24) is 0 Å². The molecule has 1 saturated heterocycles. The molecule has 122 valence electrons. The van der Waals surface area contributed by atoms with Gasteiger partial charge in [0.25, 0.3) is 0 Å². The van der Waals surface area contributed by atoms with Gasteiger partial charge in [-0.1, -0.05) is 6.07 Å². The fraction of sp³-hybridized carbons (Fsp3) is 0.579. The minimum Gasteiger partial charge on any atom is -0.462 e. The van der Waals surface area contributed by atoms with Gasteiger partial charge in [-0.15, -0.1) is 0 Å². The van der Waals surface area contributed by atoms with E-state index in [1.807, 2.05) is 6.07 Å². The zero-order chi connectivity index (χ0) is 15.8. The van der Waals surface area contributed by atoms with Crippen LogP contribution in [-0.2, 0) is 27.2 Å². The molecule has 0 aromatic heterocycles. The number of rotatable bonds is 3.